The molecule has 2 aliphatic rings. The van der Waals surface area contributed by atoms with Crippen molar-refractivity contribution >= 4 is 11.0 Å². The van der Waals surface area contributed by atoms with Crippen molar-refractivity contribution in [3.8, 4) is 34.4 Å². The van der Waals surface area contributed by atoms with Crippen LogP contribution in [0.15, 0.2) is 60.7 Å². The summed E-state index contributed by atoms with van der Waals surface area (Å²) < 4.78 is 21.5. The molecule has 0 aliphatic carbocycles. The van der Waals surface area contributed by atoms with Crippen LogP contribution in [0.1, 0.15) is 70.8 Å². The first-order valence-corrected chi connectivity index (χ1v) is 17.2. The predicted molar refractivity (Wildman–Crippen MR) is 183 cm³/mol. The van der Waals surface area contributed by atoms with E-state index in [-0.39, 0.29) is 0 Å². The minimum atomic E-state index is 0.492. The Kier molecular flexibility index (Phi) is 10.6. The van der Waals surface area contributed by atoms with Crippen LogP contribution in [-0.2, 0) is 6.54 Å². The maximum atomic E-state index is 6.55. The number of benzene rings is 3. The Hall–Kier alpha value is -3.55. The first-order chi connectivity index (χ1) is 22.1. The molecule has 0 unspecified atom stereocenters. The molecule has 45 heavy (non-hydrogen) atoms. The molecule has 0 bridgehead atoms. The Balaban J connectivity index is 1.28. The molecule has 0 radical (unpaired) electrons. The third kappa shape index (κ3) is 8.00. The molecule has 2 fully saturated rings. The Labute approximate surface area is 269 Å². The van der Waals surface area contributed by atoms with Gasteiger partial charge in [-0.1, -0.05) is 39.3 Å². The van der Waals surface area contributed by atoms with Crippen molar-refractivity contribution in [3.05, 3.63) is 66.2 Å². The highest BCUT2D eigenvalue weighted by molar-refractivity contribution is 5.83. The van der Waals surface area contributed by atoms with Crippen LogP contribution < -0.4 is 14.2 Å². The molecule has 1 aromatic heterocycles. The summed E-state index contributed by atoms with van der Waals surface area (Å²) >= 11 is 0. The summed E-state index contributed by atoms with van der Waals surface area (Å²) in [5, 5.41) is 0. The van der Waals surface area contributed by atoms with E-state index in [1.54, 1.807) is 0 Å². The van der Waals surface area contributed by atoms with E-state index >= 15 is 0 Å². The van der Waals surface area contributed by atoms with E-state index in [2.05, 4.69) is 89.7 Å². The van der Waals surface area contributed by atoms with Gasteiger partial charge in [0, 0.05) is 31.8 Å². The maximum absolute atomic E-state index is 6.55. The lowest BCUT2D eigenvalue weighted by molar-refractivity contribution is 0.230. The summed E-state index contributed by atoms with van der Waals surface area (Å²) in [6.45, 7) is 15.4. The van der Waals surface area contributed by atoms with Gasteiger partial charge in [0.25, 0.3) is 0 Å². The number of rotatable bonds is 15. The molecular formula is C38H50N4O3. The molecule has 4 aromatic rings. The molecule has 7 heteroatoms. The summed E-state index contributed by atoms with van der Waals surface area (Å²) in [7, 11) is 0. The summed E-state index contributed by atoms with van der Waals surface area (Å²) in [6.07, 6.45) is 7.30. The van der Waals surface area contributed by atoms with Gasteiger partial charge in [-0.2, -0.15) is 0 Å². The van der Waals surface area contributed by atoms with Gasteiger partial charge in [-0.15, -0.1) is 0 Å². The van der Waals surface area contributed by atoms with Crippen molar-refractivity contribution in [2.45, 2.75) is 71.8 Å². The third-order valence-electron chi connectivity index (χ3n) is 9.17. The van der Waals surface area contributed by atoms with Gasteiger partial charge >= 0.3 is 0 Å². The van der Waals surface area contributed by atoms with Crippen LogP contribution in [0.4, 0.5) is 0 Å². The molecule has 0 amide bonds. The van der Waals surface area contributed by atoms with E-state index in [1.807, 2.05) is 6.07 Å². The lowest BCUT2D eigenvalue weighted by atomic mass is 10.0. The number of ether oxygens (including phenoxy) is 3. The Morgan fingerprint density at radius 3 is 2.02 bits per heavy atom. The van der Waals surface area contributed by atoms with E-state index in [1.165, 1.54) is 44.3 Å². The van der Waals surface area contributed by atoms with Crippen molar-refractivity contribution in [2.75, 3.05) is 52.5 Å². The predicted octanol–water partition coefficient (Wildman–Crippen LogP) is 8.37. The standard InChI is InChI=1S/C38H50N4O3/c1-4-5-22-42-36-27-33(45-31-12-10-30(11-13-31)29(2)3)15-17-35(36)39-38(42)34-16-14-32(43-25-23-40-18-6-7-19-40)28-37(34)44-26-24-41-20-8-9-21-41/h10-17,27-29H,4-9,18-26H2,1-3H3. The molecule has 2 saturated heterocycles. The SMILES string of the molecule is CCCCn1c(-c2ccc(OCCN3CCCC3)cc2OCCN2CCCC2)nc2ccc(Oc3ccc(C(C)C)cc3)cc21. The first-order valence-electron chi connectivity index (χ1n) is 17.2. The second kappa shape index (κ2) is 15.2. The lowest BCUT2D eigenvalue weighted by Crippen LogP contribution is -2.25. The van der Waals surface area contributed by atoms with Gasteiger partial charge in [0.15, 0.2) is 0 Å². The van der Waals surface area contributed by atoms with E-state index in [4.69, 9.17) is 19.2 Å². The quantitative estimate of drug-likeness (QED) is 0.135. The maximum Gasteiger partial charge on any atom is 0.144 e. The Morgan fingerprint density at radius 2 is 1.36 bits per heavy atom. The minimum Gasteiger partial charge on any atom is -0.492 e. The van der Waals surface area contributed by atoms with Crippen LogP contribution in [0.3, 0.4) is 0 Å². The fraction of sp³-hybridized carbons (Fsp3) is 0.500. The number of hydrogen-bond donors (Lipinski definition) is 0. The Bertz CT molecular complexity index is 1520. The molecular weight excluding hydrogens is 560 g/mol. The molecule has 2 aliphatic heterocycles. The van der Waals surface area contributed by atoms with Gasteiger partial charge in [-0.3, -0.25) is 9.80 Å². The number of hydrogen-bond acceptors (Lipinski definition) is 6. The number of aromatic nitrogens is 2. The minimum absolute atomic E-state index is 0.492. The second-order valence-electron chi connectivity index (χ2n) is 12.9. The van der Waals surface area contributed by atoms with Crippen LogP contribution >= 0.6 is 0 Å². The normalized spacial score (nSPS) is 15.8. The second-order valence-corrected chi connectivity index (χ2v) is 12.9. The summed E-state index contributed by atoms with van der Waals surface area (Å²) in [6, 6.07) is 20.9. The molecule has 6 rings (SSSR count). The van der Waals surface area contributed by atoms with Crippen LogP contribution in [0.2, 0.25) is 0 Å². The van der Waals surface area contributed by atoms with Crippen LogP contribution in [-0.4, -0.2) is 71.8 Å². The lowest BCUT2D eigenvalue weighted by Gasteiger charge is -2.19. The van der Waals surface area contributed by atoms with Crippen LogP contribution in [0, 0.1) is 0 Å². The van der Waals surface area contributed by atoms with Crippen molar-refractivity contribution in [1.29, 1.82) is 0 Å². The highest BCUT2D eigenvalue weighted by atomic mass is 16.5. The number of aryl methyl sites for hydroxylation is 1. The number of nitrogens with zero attached hydrogens (tertiary/aromatic N) is 4. The molecule has 3 heterocycles. The topological polar surface area (TPSA) is 52.0 Å². The first kappa shape index (κ1) is 31.4. The molecule has 7 nitrogen and oxygen atoms in total. The van der Waals surface area contributed by atoms with Crippen LogP contribution in [0.5, 0.6) is 23.0 Å². The van der Waals surface area contributed by atoms with Crippen molar-refractivity contribution in [1.82, 2.24) is 19.4 Å². The number of fused-ring (bicyclic) bond motifs is 1. The highest BCUT2D eigenvalue weighted by Gasteiger charge is 2.20. The fourth-order valence-corrected chi connectivity index (χ4v) is 6.46. The molecule has 0 saturated carbocycles. The van der Waals surface area contributed by atoms with Gasteiger partial charge in [-0.05, 0) is 106 Å². The number of imidazole rings is 1. The van der Waals surface area contributed by atoms with Gasteiger partial charge in [0.2, 0.25) is 0 Å². The van der Waals surface area contributed by atoms with Gasteiger partial charge < -0.3 is 18.8 Å². The summed E-state index contributed by atoms with van der Waals surface area (Å²) in [5.41, 5.74) is 4.34. The van der Waals surface area contributed by atoms with Crippen molar-refractivity contribution in [3.63, 3.8) is 0 Å². The van der Waals surface area contributed by atoms with E-state index < -0.39 is 0 Å². The van der Waals surface area contributed by atoms with Gasteiger partial charge in [0.1, 0.15) is 42.0 Å². The smallest absolute Gasteiger partial charge is 0.144 e. The summed E-state index contributed by atoms with van der Waals surface area (Å²) in [5.74, 6) is 4.76. The van der Waals surface area contributed by atoms with Crippen molar-refractivity contribution in [2.24, 2.45) is 0 Å². The summed E-state index contributed by atoms with van der Waals surface area (Å²) in [4.78, 5) is 10.1. The van der Waals surface area contributed by atoms with E-state index in [0.717, 1.165) is 91.0 Å². The van der Waals surface area contributed by atoms with Gasteiger partial charge in [-0.25, -0.2) is 4.98 Å². The number of unbranched alkanes of at least 4 members (excludes halogenated alkanes) is 1. The van der Waals surface area contributed by atoms with E-state index in [0.29, 0.717) is 19.1 Å². The third-order valence-corrected chi connectivity index (χ3v) is 9.17. The highest BCUT2D eigenvalue weighted by Crippen LogP contribution is 2.37. The molecule has 0 N–H and O–H groups in total. The van der Waals surface area contributed by atoms with Crippen molar-refractivity contribution < 1.29 is 14.2 Å². The zero-order valence-electron chi connectivity index (χ0n) is 27.5. The molecule has 0 atom stereocenters. The average molecular weight is 611 g/mol. The molecule has 240 valence electrons. The average Bonchev–Trinajstić information content (AvgIpc) is 3.83. The zero-order valence-corrected chi connectivity index (χ0v) is 27.5. The monoisotopic (exact) mass is 610 g/mol. The number of likely N-dealkylation sites (tertiary alicyclic amines) is 2. The fourth-order valence-electron chi connectivity index (χ4n) is 6.46. The van der Waals surface area contributed by atoms with Crippen LogP contribution in [0.25, 0.3) is 22.4 Å². The van der Waals surface area contributed by atoms with E-state index in [9.17, 15) is 0 Å². The van der Waals surface area contributed by atoms with Gasteiger partial charge in [0.05, 0.1) is 16.6 Å². The molecule has 3 aromatic carbocycles. The Morgan fingerprint density at radius 1 is 0.711 bits per heavy atom. The zero-order chi connectivity index (χ0) is 31.0. The largest absolute Gasteiger partial charge is 0.492 e. The molecule has 0 spiro atoms.